The molecule has 7 heteroatoms. The van der Waals surface area contributed by atoms with Crippen molar-refractivity contribution < 1.29 is 17.9 Å². The summed E-state index contributed by atoms with van der Waals surface area (Å²) >= 11 is 0. The third-order valence-electron chi connectivity index (χ3n) is 5.88. The van der Waals surface area contributed by atoms with E-state index in [-0.39, 0.29) is 29.1 Å². The zero-order chi connectivity index (χ0) is 20.3. The van der Waals surface area contributed by atoms with Crippen LogP contribution >= 0.6 is 0 Å². The molecule has 2 unspecified atom stereocenters. The molecule has 2 aliphatic rings. The number of hydrogen-bond acceptors (Lipinski definition) is 4. The van der Waals surface area contributed by atoms with Gasteiger partial charge in [0.25, 0.3) is 5.91 Å². The van der Waals surface area contributed by atoms with Gasteiger partial charge in [-0.25, -0.2) is 8.42 Å². The maximum Gasteiger partial charge on any atom is 0.251 e. The summed E-state index contributed by atoms with van der Waals surface area (Å²) in [5, 5.41) is 3.08. The Morgan fingerprint density at radius 2 is 1.79 bits per heavy atom. The lowest BCUT2D eigenvalue weighted by molar-refractivity contribution is -0.0440. The average molecular weight is 409 g/mol. The Bertz CT molecular complexity index is 777. The van der Waals surface area contributed by atoms with Crippen LogP contribution in [0, 0.1) is 5.92 Å². The van der Waals surface area contributed by atoms with Crippen LogP contribution in [0.5, 0.6) is 0 Å². The van der Waals surface area contributed by atoms with Gasteiger partial charge in [-0.15, -0.1) is 0 Å². The molecular weight excluding hydrogens is 376 g/mol. The van der Waals surface area contributed by atoms with Gasteiger partial charge in [0, 0.05) is 24.7 Å². The van der Waals surface area contributed by atoms with Crippen molar-refractivity contribution in [2.45, 2.75) is 76.0 Å². The van der Waals surface area contributed by atoms with E-state index in [9.17, 15) is 13.2 Å². The molecule has 2 fully saturated rings. The molecule has 1 aromatic rings. The van der Waals surface area contributed by atoms with Gasteiger partial charge < -0.3 is 10.1 Å². The number of hydrogen-bond donors (Lipinski definition) is 1. The minimum absolute atomic E-state index is 0.150. The lowest BCUT2D eigenvalue weighted by atomic mass is 9.84. The highest BCUT2D eigenvalue weighted by Gasteiger charge is 2.32. The molecule has 1 saturated carbocycles. The Kier molecular flexibility index (Phi) is 6.78. The molecule has 156 valence electrons. The van der Waals surface area contributed by atoms with Crippen molar-refractivity contribution in [1.82, 2.24) is 9.62 Å². The second-order valence-electron chi connectivity index (χ2n) is 8.21. The summed E-state index contributed by atoms with van der Waals surface area (Å²) in [5.74, 6) is 0.570. The molecule has 1 aromatic carbocycles. The number of carbonyl (C=O) groups excluding carboxylic acids is 1. The van der Waals surface area contributed by atoms with E-state index in [2.05, 4.69) is 12.2 Å². The van der Waals surface area contributed by atoms with Crippen LogP contribution in [0.25, 0.3) is 0 Å². The Hall–Kier alpha value is -1.44. The van der Waals surface area contributed by atoms with Gasteiger partial charge in [-0.05, 0) is 63.6 Å². The number of sulfonamides is 1. The quantitative estimate of drug-likeness (QED) is 0.812. The van der Waals surface area contributed by atoms with Gasteiger partial charge in [-0.1, -0.05) is 19.4 Å². The fourth-order valence-corrected chi connectivity index (χ4v) is 5.89. The third-order valence-corrected chi connectivity index (χ3v) is 7.71. The van der Waals surface area contributed by atoms with E-state index < -0.39 is 10.0 Å². The van der Waals surface area contributed by atoms with Gasteiger partial charge >= 0.3 is 0 Å². The highest BCUT2D eigenvalue weighted by Crippen LogP contribution is 2.27. The molecular formula is C21H32N2O4S. The molecule has 1 aliphatic heterocycles. The van der Waals surface area contributed by atoms with Crippen molar-refractivity contribution >= 4 is 15.9 Å². The highest BCUT2D eigenvalue weighted by molar-refractivity contribution is 7.89. The summed E-state index contributed by atoms with van der Waals surface area (Å²) in [7, 11) is -3.65. The second-order valence-corrected chi connectivity index (χ2v) is 10.1. The van der Waals surface area contributed by atoms with E-state index >= 15 is 0 Å². The lowest BCUT2D eigenvalue weighted by Crippen LogP contribution is -2.48. The Balaban J connectivity index is 1.70. The van der Waals surface area contributed by atoms with Crippen LogP contribution in [0.2, 0.25) is 0 Å². The Labute approximate surface area is 168 Å². The number of nitrogens with zero attached hydrogens (tertiary/aromatic N) is 1. The molecule has 1 amide bonds. The maximum absolute atomic E-state index is 13.1. The summed E-state index contributed by atoms with van der Waals surface area (Å²) < 4.78 is 33.2. The van der Waals surface area contributed by atoms with Gasteiger partial charge in [0.15, 0.2) is 0 Å². The number of amides is 1. The molecule has 2 atom stereocenters. The summed E-state index contributed by atoms with van der Waals surface area (Å²) in [6, 6.07) is 6.55. The molecule has 0 spiro atoms. The fourth-order valence-electron chi connectivity index (χ4n) is 4.26. The SMILES string of the molecule is CCC1CCC(NC(=O)c2cccc(S(=O)(=O)N3CC(C)OC(C)C3)c2)CC1. The van der Waals surface area contributed by atoms with Gasteiger partial charge in [0.2, 0.25) is 10.0 Å². The molecule has 1 N–H and O–H groups in total. The standard InChI is InChI=1S/C21H32N2O4S/c1-4-17-8-10-19(11-9-17)22-21(24)18-6-5-7-20(12-18)28(25,26)23-13-15(2)27-16(3)14-23/h5-7,12,15-17,19H,4,8-11,13-14H2,1-3H3,(H,22,24). The topological polar surface area (TPSA) is 75.7 Å². The number of carbonyl (C=O) groups is 1. The molecule has 3 rings (SSSR count). The first-order valence-electron chi connectivity index (χ1n) is 10.4. The minimum atomic E-state index is -3.65. The van der Waals surface area contributed by atoms with Crippen LogP contribution in [0.1, 0.15) is 63.2 Å². The third kappa shape index (κ3) is 4.93. The first-order valence-corrected chi connectivity index (χ1v) is 11.8. The number of ether oxygens (including phenoxy) is 1. The number of rotatable bonds is 5. The van der Waals surface area contributed by atoms with Gasteiger partial charge in [0.05, 0.1) is 17.1 Å². The zero-order valence-electron chi connectivity index (χ0n) is 17.1. The second kappa shape index (κ2) is 8.93. The number of nitrogens with one attached hydrogen (secondary N) is 1. The van der Waals surface area contributed by atoms with E-state index in [4.69, 9.17) is 4.74 Å². The predicted octanol–water partition coefficient (Wildman–Crippen LogP) is 3.18. The fraction of sp³-hybridized carbons (Fsp3) is 0.667. The van der Waals surface area contributed by atoms with Crippen molar-refractivity contribution in [3.05, 3.63) is 29.8 Å². The molecule has 0 radical (unpaired) electrons. The summed E-state index contributed by atoms with van der Waals surface area (Å²) in [6.07, 6.45) is 5.16. The monoisotopic (exact) mass is 408 g/mol. The highest BCUT2D eigenvalue weighted by atomic mass is 32.2. The first-order chi connectivity index (χ1) is 13.3. The summed E-state index contributed by atoms with van der Waals surface area (Å²) in [4.78, 5) is 12.8. The van der Waals surface area contributed by atoms with Crippen molar-refractivity contribution in [1.29, 1.82) is 0 Å². The van der Waals surface area contributed by atoms with E-state index in [1.807, 2.05) is 13.8 Å². The van der Waals surface area contributed by atoms with Crippen molar-refractivity contribution in [2.75, 3.05) is 13.1 Å². The van der Waals surface area contributed by atoms with Crippen LogP contribution in [0.4, 0.5) is 0 Å². The van der Waals surface area contributed by atoms with Crippen LogP contribution < -0.4 is 5.32 Å². The molecule has 1 heterocycles. The van der Waals surface area contributed by atoms with Gasteiger partial charge in [0.1, 0.15) is 0 Å². The zero-order valence-corrected chi connectivity index (χ0v) is 17.9. The molecule has 28 heavy (non-hydrogen) atoms. The molecule has 1 saturated heterocycles. The van der Waals surface area contributed by atoms with Crippen LogP contribution in [-0.2, 0) is 14.8 Å². The van der Waals surface area contributed by atoms with Crippen molar-refractivity contribution in [3.8, 4) is 0 Å². The molecule has 0 bridgehead atoms. The smallest absolute Gasteiger partial charge is 0.251 e. The summed E-state index contributed by atoms with van der Waals surface area (Å²) in [5.41, 5.74) is 0.396. The van der Waals surface area contributed by atoms with Crippen molar-refractivity contribution in [3.63, 3.8) is 0 Å². The number of morpholine rings is 1. The van der Waals surface area contributed by atoms with E-state index in [1.54, 1.807) is 18.2 Å². The van der Waals surface area contributed by atoms with Crippen molar-refractivity contribution in [2.24, 2.45) is 5.92 Å². The number of benzene rings is 1. The van der Waals surface area contributed by atoms with E-state index in [0.29, 0.717) is 18.7 Å². The largest absolute Gasteiger partial charge is 0.373 e. The van der Waals surface area contributed by atoms with Crippen LogP contribution in [-0.4, -0.2) is 50.0 Å². The predicted molar refractivity (Wildman–Crippen MR) is 109 cm³/mol. The maximum atomic E-state index is 13.1. The molecule has 0 aromatic heterocycles. The lowest BCUT2D eigenvalue weighted by Gasteiger charge is -2.34. The van der Waals surface area contributed by atoms with E-state index in [1.165, 1.54) is 16.8 Å². The first kappa shape index (κ1) is 21.3. The Morgan fingerprint density at radius 3 is 2.39 bits per heavy atom. The van der Waals surface area contributed by atoms with E-state index in [0.717, 1.165) is 31.6 Å². The average Bonchev–Trinajstić information content (AvgIpc) is 2.68. The van der Waals surface area contributed by atoms with Gasteiger partial charge in [-0.3, -0.25) is 4.79 Å². The normalized spacial score (nSPS) is 29.4. The van der Waals surface area contributed by atoms with Gasteiger partial charge in [-0.2, -0.15) is 4.31 Å². The minimum Gasteiger partial charge on any atom is -0.373 e. The van der Waals surface area contributed by atoms with Crippen LogP contribution in [0.15, 0.2) is 29.2 Å². The molecule has 1 aliphatic carbocycles. The van der Waals surface area contributed by atoms with Crippen LogP contribution in [0.3, 0.4) is 0 Å². The Morgan fingerprint density at radius 1 is 1.14 bits per heavy atom. The molecule has 6 nitrogen and oxygen atoms in total. The summed E-state index contributed by atoms with van der Waals surface area (Å²) in [6.45, 7) is 6.60.